The minimum Gasteiger partial charge on any atom is -0.391 e. The molecule has 0 fully saturated rings. The predicted octanol–water partition coefficient (Wildman–Crippen LogP) is 1.59. The van der Waals surface area contributed by atoms with Gasteiger partial charge in [-0.05, 0) is 24.6 Å². The quantitative estimate of drug-likeness (QED) is 0.779. The number of nitrogens with zero attached hydrogens (tertiary/aromatic N) is 1. The molecule has 0 aliphatic rings. The van der Waals surface area contributed by atoms with Gasteiger partial charge in [0.1, 0.15) is 6.07 Å². The molecule has 0 radical (unpaired) electrons. The number of nitriles is 1. The first-order valence-corrected chi connectivity index (χ1v) is 4.57. The molecule has 0 aliphatic heterocycles. The van der Waals surface area contributed by atoms with Crippen LogP contribution in [0.5, 0.6) is 0 Å². The van der Waals surface area contributed by atoms with Crippen molar-refractivity contribution in [3.05, 3.63) is 34.3 Å². The fourth-order valence-electron chi connectivity index (χ4n) is 1.11. The van der Waals surface area contributed by atoms with E-state index in [-0.39, 0.29) is 0 Å². The van der Waals surface area contributed by atoms with Crippen LogP contribution in [0.15, 0.2) is 18.2 Å². The van der Waals surface area contributed by atoms with Crippen molar-refractivity contribution in [1.82, 2.24) is 0 Å². The molecule has 3 nitrogen and oxygen atoms in total. The number of hydrogen-bond donors (Lipinski definition) is 2. The van der Waals surface area contributed by atoms with E-state index < -0.39 is 12.1 Å². The van der Waals surface area contributed by atoms with Gasteiger partial charge in [0.25, 0.3) is 0 Å². The molecular weight excluding hydrogens is 200 g/mol. The summed E-state index contributed by atoms with van der Waals surface area (Å²) in [4.78, 5) is 0. The molecule has 4 heteroatoms. The second-order valence-corrected chi connectivity index (χ2v) is 3.52. The normalized spacial score (nSPS) is 14.5. The van der Waals surface area contributed by atoms with Gasteiger partial charge in [0.2, 0.25) is 0 Å². The molecule has 1 aromatic rings. The van der Waals surface area contributed by atoms with Gasteiger partial charge in [0, 0.05) is 0 Å². The van der Waals surface area contributed by atoms with E-state index in [1.165, 1.54) is 0 Å². The standard InChI is InChI=1S/C10H11ClN2O/c1-6(14)10(13)7-2-3-8(5-12)9(11)4-7/h2-4,6,10,14H,13H2,1H3/t6-,10-/m1/s1. The number of aliphatic hydroxyl groups is 1. The van der Waals surface area contributed by atoms with Crippen molar-refractivity contribution in [3.63, 3.8) is 0 Å². The van der Waals surface area contributed by atoms with Gasteiger partial charge >= 0.3 is 0 Å². The minimum absolute atomic E-state index is 0.362. The van der Waals surface area contributed by atoms with Crippen LogP contribution in [-0.4, -0.2) is 11.2 Å². The Kier molecular flexibility index (Phi) is 3.48. The molecule has 2 atom stereocenters. The Morgan fingerprint density at radius 3 is 2.64 bits per heavy atom. The van der Waals surface area contributed by atoms with Crippen molar-refractivity contribution in [3.8, 4) is 6.07 Å². The molecule has 1 aromatic carbocycles. The van der Waals surface area contributed by atoms with Crippen molar-refractivity contribution < 1.29 is 5.11 Å². The van der Waals surface area contributed by atoms with Crippen molar-refractivity contribution in [2.75, 3.05) is 0 Å². The van der Waals surface area contributed by atoms with E-state index in [0.717, 1.165) is 5.56 Å². The first-order chi connectivity index (χ1) is 6.56. The third kappa shape index (κ3) is 2.24. The minimum atomic E-state index is -0.640. The van der Waals surface area contributed by atoms with E-state index in [9.17, 15) is 5.11 Å². The summed E-state index contributed by atoms with van der Waals surface area (Å²) in [5.74, 6) is 0. The smallest absolute Gasteiger partial charge is 0.101 e. The zero-order valence-electron chi connectivity index (χ0n) is 7.74. The Balaban J connectivity index is 3.04. The molecule has 0 amide bonds. The first kappa shape index (κ1) is 11.0. The zero-order valence-corrected chi connectivity index (χ0v) is 8.49. The van der Waals surface area contributed by atoms with Gasteiger partial charge in [-0.2, -0.15) is 5.26 Å². The number of rotatable bonds is 2. The van der Waals surface area contributed by atoms with Gasteiger partial charge in [-0.25, -0.2) is 0 Å². The number of hydrogen-bond acceptors (Lipinski definition) is 3. The summed E-state index contributed by atoms with van der Waals surface area (Å²) in [5, 5.41) is 18.3. The van der Waals surface area contributed by atoms with Crippen molar-refractivity contribution >= 4 is 11.6 Å². The molecule has 74 valence electrons. The number of halogens is 1. The Morgan fingerprint density at radius 2 is 2.21 bits per heavy atom. The van der Waals surface area contributed by atoms with Crippen LogP contribution in [0, 0.1) is 11.3 Å². The van der Waals surface area contributed by atoms with Crippen LogP contribution in [0.4, 0.5) is 0 Å². The molecule has 0 bridgehead atoms. The molecule has 14 heavy (non-hydrogen) atoms. The average Bonchev–Trinajstić information content (AvgIpc) is 2.16. The Labute approximate surface area is 87.7 Å². The monoisotopic (exact) mass is 210 g/mol. The van der Waals surface area contributed by atoms with E-state index in [2.05, 4.69) is 0 Å². The van der Waals surface area contributed by atoms with E-state index in [0.29, 0.717) is 10.6 Å². The van der Waals surface area contributed by atoms with Gasteiger partial charge < -0.3 is 10.8 Å². The highest BCUT2D eigenvalue weighted by Gasteiger charge is 2.13. The molecule has 0 aromatic heterocycles. The summed E-state index contributed by atoms with van der Waals surface area (Å²) in [6, 6.07) is 6.39. The fourth-order valence-corrected chi connectivity index (χ4v) is 1.34. The Bertz CT molecular complexity index is 371. The number of aliphatic hydroxyl groups excluding tert-OH is 1. The summed E-state index contributed by atoms with van der Waals surface area (Å²) >= 11 is 5.82. The topological polar surface area (TPSA) is 70.0 Å². The van der Waals surface area contributed by atoms with Crippen LogP contribution in [0.1, 0.15) is 24.1 Å². The Hall–Kier alpha value is -1.08. The average molecular weight is 211 g/mol. The van der Waals surface area contributed by atoms with Crippen molar-refractivity contribution in [2.24, 2.45) is 5.73 Å². The lowest BCUT2D eigenvalue weighted by molar-refractivity contribution is 0.164. The van der Waals surface area contributed by atoms with Crippen LogP contribution in [0.25, 0.3) is 0 Å². The third-order valence-corrected chi connectivity index (χ3v) is 2.33. The van der Waals surface area contributed by atoms with Crippen LogP contribution < -0.4 is 5.73 Å². The van der Waals surface area contributed by atoms with Crippen LogP contribution in [-0.2, 0) is 0 Å². The molecule has 0 heterocycles. The van der Waals surface area contributed by atoms with Gasteiger partial charge in [0.05, 0.1) is 22.7 Å². The molecular formula is C10H11ClN2O. The molecule has 0 spiro atoms. The lowest BCUT2D eigenvalue weighted by atomic mass is 10.0. The SMILES string of the molecule is C[C@@H](O)[C@@H](N)c1ccc(C#N)c(Cl)c1. The van der Waals surface area contributed by atoms with E-state index in [4.69, 9.17) is 22.6 Å². The van der Waals surface area contributed by atoms with E-state index in [1.54, 1.807) is 25.1 Å². The summed E-state index contributed by atoms with van der Waals surface area (Å²) < 4.78 is 0. The summed E-state index contributed by atoms with van der Waals surface area (Å²) in [5.41, 5.74) is 6.84. The summed E-state index contributed by atoms with van der Waals surface area (Å²) in [7, 11) is 0. The maximum Gasteiger partial charge on any atom is 0.101 e. The van der Waals surface area contributed by atoms with Gasteiger partial charge in [-0.3, -0.25) is 0 Å². The number of benzene rings is 1. The van der Waals surface area contributed by atoms with Crippen LogP contribution in [0.3, 0.4) is 0 Å². The molecule has 1 rings (SSSR count). The van der Waals surface area contributed by atoms with Crippen molar-refractivity contribution in [2.45, 2.75) is 19.1 Å². The molecule has 3 N–H and O–H groups in total. The largest absolute Gasteiger partial charge is 0.391 e. The van der Waals surface area contributed by atoms with Gasteiger partial charge in [-0.15, -0.1) is 0 Å². The third-order valence-electron chi connectivity index (χ3n) is 2.02. The van der Waals surface area contributed by atoms with E-state index >= 15 is 0 Å². The van der Waals surface area contributed by atoms with E-state index in [1.807, 2.05) is 6.07 Å². The van der Waals surface area contributed by atoms with Crippen LogP contribution in [0.2, 0.25) is 5.02 Å². The van der Waals surface area contributed by atoms with Crippen LogP contribution >= 0.6 is 11.6 Å². The maximum absolute atomic E-state index is 9.26. The Morgan fingerprint density at radius 1 is 1.57 bits per heavy atom. The second-order valence-electron chi connectivity index (χ2n) is 3.12. The number of nitrogens with two attached hydrogens (primary N) is 1. The molecule has 0 saturated carbocycles. The first-order valence-electron chi connectivity index (χ1n) is 4.19. The predicted molar refractivity (Wildman–Crippen MR) is 54.8 cm³/mol. The summed E-state index contributed by atoms with van der Waals surface area (Å²) in [6.07, 6.45) is -0.640. The second kappa shape index (κ2) is 4.43. The highest BCUT2D eigenvalue weighted by atomic mass is 35.5. The zero-order chi connectivity index (χ0) is 10.7. The molecule has 0 saturated heterocycles. The lowest BCUT2D eigenvalue weighted by Crippen LogP contribution is -2.23. The summed E-state index contributed by atoms with van der Waals surface area (Å²) in [6.45, 7) is 1.61. The van der Waals surface area contributed by atoms with Crippen molar-refractivity contribution in [1.29, 1.82) is 5.26 Å². The van der Waals surface area contributed by atoms with Gasteiger partial charge in [-0.1, -0.05) is 17.7 Å². The molecule has 0 aliphatic carbocycles. The molecule has 0 unspecified atom stereocenters. The lowest BCUT2D eigenvalue weighted by Gasteiger charge is -2.15. The highest BCUT2D eigenvalue weighted by Crippen LogP contribution is 2.21. The highest BCUT2D eigenvalue weighted by molar-refractivity contribution is 6.31. The van der Waals surface area contributed by atoms with Gasteiger partial charge in [0.15, 0.2) is 0 Å². The maximum atomic E-state index is 9.26. The fraction of sp³-hybridized carbons (Fsp3) is 0.300.